The van der Waals surface area contributed by atoms with E-state index in [0.717, 1.165) is 31.4 Å². The summed E-state index contributed by atoms with van der Waals surface area (Å²) in [6.07, 6.45) is 3.28. The summed E-state index contributed by atoms with van der Waals surface area (Å²) in [7, 11) is -3.98. The molecule has 2 aliphatic heterocycles. The van der Waals surface area contributed by atoms with Crippen LogP contribution in [0.15, 0.2) is 39.6 Å². The summed E-state index contributed by atoms with van der Waals surface area (Å²) < 4.78 is 56.2. The number of amidine groups is 1. The Morgan fingerprint density at radius 2 is 1.94 bits per heavy atom. The number of nitrogens with one attached hydrogen (secondary N) is 1. The number of hydrogen-bond acceptors (Lipinski definition) is 4. The van der Waals surface area contributed by atoms with E-state index in [4.69, 9.17) is 11.6 Å². The molecule has 0 spiro atoms. The Morgan fingerprint density at radius 3 is 2.68 bits per heavy atom. The zero-order valence-corrected chi connectivity index (χ0v) is 18.2. The third-order valence-electron chi connectivity index (χ3n) is 5.47. The van der Waals surface area contributed by atoms with Gasteiger partial charge in [0.05, 0.1) is 22.3 Å². The lowest BCUT2D eigenvalue weighted by Gasteiger charge is -2.30. The quantitative estimate of drug-likeness (QED) is 0.716. The van der Waals surface area contributed by atoms with Gasteiger partial charge in [0, 0.05) is 13.0 Å². The molecule has 31 heavy (non-hydrogen) atoms. The van der Waals surface area contributed by atoms with Crippen molar-refractivity contribution in [2.24, 2.45) is 4.40 Å². The number of hydrogen-bond donors (Lipinski definition) is 1. The molecule has 0 saturated carbocycles. The molecule has 0 bridgehead atoms. The number of fused-ring (bicyclic) bond motifs is 3. The summed E-state index contributed by atoms with van der Waals surface area (Å²) in [6, 6.07) is 5.37. The Morgan fingerprint density at radius 1 is 1.16 bits per heavy atom. The number of anilines is 1. The largest absolute Gasteiger partial charge is 0.345 e. The monoisotopic (exact) mass is 467 g/mol. The molecular weight excluding hydrogens is 448 g/mol. The zero-order chi connectivity index (χ0) is 22.3. The third-order valence-corrected chi connectivity index (χ3v) is 7.12. The Balaban J connectivity index is 1.67. The number of rotatable bonds is 3. The number of carbonyl (C=O) groups excluding carboxylic acids is 1. The second-order valence-corrected chi connectivity index (χ2v) is 9.59. The van der Waals surface area contributed by atoms with Crippen molar-refractivity contribution >= 4 is 39.1 Å². The van der Waals surface area contributed by atoms with Gasteiger partial charge < -0.3 is 10.2 Å². The van der Waals surface area contributed by atoms with Crippen molar-refractivity contribution in [2.45, 2.75) is 43.5 Å². The minimum absolute atomic E-state index is 0.0353. The van der Waals surface area contributed by atoms with E-state index in [1.165, 1.54) is 18.2 Å². The standard InChI is InChI=1S/C21H20ClF2N3O3S/c1-12(13-6-7-16(23)17(24)9-13)25-21(28)14-10-19-18(11-15(14)22)27-8-4-2-3-5-20(27)26-31(19,29)30/h6-7,9-12H,2-5,8H2,1H3,(H,25,28)/t12-/m1/s1. The summed E-state index contributed by atoms with van der Waals surface area (Å²) in [5.74, 6) is -2.16. The van der Waals surface area contributed by atoms with Gasteiger partial charge in [0.15, 0.2) is 11.6 Å². The van der Waals surface area contributed by atoms with Gasteiger partial charge in [-0.3, -0.25) is 4.79 Å². The molecular formula is C21H20ClF2N3O3S. The van der Waals surface area contributed by atoms with Crippen LogP contribution in [-0.2, 0) is 10.0 Å². The molecule has 0 unspecified atom stereocenters. The van der Waals surface area contributed by atoms with Gasteiger partial charge in [-0.2, -0.15) is 8.42 Å². The van der Waals surface area contributed by atoms with Crippen LogP contribution in [0.2, 0.25) is 5.02 Å². The lowest BCUT2D eigenvalue weighted by Crippen LogP contribution is -2.35. The zero-order valence-electron chi connectivity index (χ0n) is 16.7. The topological polar surface area (TPSA) is 78.8 Å². The fourth-order valence-electron chi connectivity index (χ4n) is 3.81. The molecule has 0 aromatic heterocycles. The number of halogens is 3. The summed E-state index contributed by atoms with van der Waals surface area (Å²) in [5.41, 5.74) is 0.738. The molecule has 1 amide bonds. The fourth-order valence-corrected chi connectivity index (χ4v) is 5.32. The van der Waals surface area contributed by atoms with Crippen molar-refractivity contribution in [3.63, 3.8) is 0 Å². The van der Waals surface area contributed by atoms with Crippen LogP contribution in [0.3, 0.4) is 0 Å². The molecule has 4 rings (SSSR count). The summed E-state index contributed by atoms with van der Waals surface area (Å²) in [4.78, 5) is 14.6. The molecule has 2 heterocycles. The first kappa shape index (κ1) is 21.7. The van der Waals surface area contributed by atoms with Gasteiger partial charge >= 0.3 is 0 Å². The first-order valence-electron chi connectivity index (χ1n) is 9.88. The number of carbonyl (C=O) groups is 1. The van der Waals surface area contributed by atoms with Crippen LogP contribution in [0.5, 0.6) is 0 Å². The maximum absolute atomic E-state index is 13.5. The van der Waals surface area contributed by atoms with Gasteiger partial charge in [-0.15, -0.1) is 4.40 Å². The van der Waals surface area contributed by atoms with Crippen molar-refractivity contribution in [1.29, 1.82) is 0 Å². The average Bonchev–Trinajstić information content (AvgIpc) is 2.94. The van der Waals surface area contributed by atoms with E-state index in [9.17, 15) is 22.0 Å². The molecule has 10 heteroatoms. The molecule has 0 radical (unpaired) electrons. The van der Waals surface area contributed by atoms with Crippen LogP contribution < -0.4 is 10.2 Å². The lowest BCUT2D eigenvalue weighted by atomic mass is 10.1. The summed E-state index contributed by atoms with van der Waals surface area (Å²) in [5, 5.41) is 2.74. The average molecular weight is 468 g/mol. The van der Waals surface area contributed by atoms with Crippen LogP contribution in [0, 0.1) is 11.6 Å². The van der Waals surface area contributed by atoms with Gasteiger partial charge in [-0.1, -0.05) is 24.1 Å². The predicted octanol–water partition coefficient (Wildman–Crippen LogP) is 4.59. The molecule has 164 valence electrons. The normalized spacial score (nSPS) is 18.3. The highest BCUT2D eigenvalue weighted by atomic mass is 35.5. The molecule has 0 aliphatic carbocycles. The molecule has 1 fully saturated rings. The number of benzene rings is 2. The third kappa shape index (κ3) is 4.16. The molecule has 2 aromatic carbocycles. The van der Waals surface area contributed by atoms with Gasteiger partial charge in [0.25, 0.3) is 15.9 Å². The van der Waals surface area contributed by atoms with E-state index in [1.54, 1.807) is 6.92 Å². The van der Waals surface area contributed by atoms with E-state index in [1.807, 2.05) is 4.90 Å². The van der Waals surface area contributed by atoms with Crippen molar-refractivity contribution in [3.05, 3.63) is 58.1 Å². The molecule has 2 aliphatic rings. The van der Waals surface area contributed by atoms with Crippen molar-refractivity contribution in [2.75, 3.05) is 11.4 Å². The maximum Gasteiger partial charge on any atom is 0.286 e. The SMILES string of the molecule is C[C@@H](NC(=O)c1cc2c(cc1Cl)N1CCCCCC1=NS2(=O)=O)c1ccc(F)c(F)c1. The molecule has 1 saturated heterocycles. The Kier molecular flexibility index (Phi) is 5.74. The Hall–Kier alpha value is -2.52. The minimum atomic E-state index is -3.98. The minimum Gasteiger partial charge on any atom is -0.345 e. The highest BCUT2D eigenvalue weighted by Crippen LogP contribution is 2.38. The molecule has 1 N–H and O–H groups in total. The second-order valence-electron chi connectivity index (χ2n) is 7.61. The van der Waals surface area contributed by atoms with Gasteiger partial charge in [0.2, 0.25) is 0 Å². The van der Waals surface area contributed by atoms with Crippen LogP contribution in [0.1, 0.15) is 54.6 Å². The first-order chi connectivity index (χ1) is 14.7. The highest BCUT2D eigenvalue weighted by Gasteiger charge is 2.33. The van der Waals surface area contributed by atoms with Gasteiger partial charge in [-0.25, -0.2) is 8.78 Å². The summed E-state index contributed by atoms with van der Waals surface area (Å²) >= 11 is 6.36. The second kappa shape index (κ2) is 8.20. The van der Waals surface area contributed by atoms with E-state index in [0.29, 0.717) is 30.1 Å². The van der Waals surface area contributed by atoms with Crippen LogP contribution >= 0.6 is 11.6 Å². The van der Waals surface area contributed by atoms with E-state index in [2.05, 4.69) is 9.71 Å². The maximum atomic E-state index is 13.5. The van der Waals surface area contributed by atoms with Crippen LogP contribution in [0.4, 0.5) is 14.5 Å². The Labute approximate surface area is 184 Å². The molecule has 2 aromatic rings. The number of amides is 1. The smallest absolute Gasteiger partial charge is 0.286 e. The number of nitrogens with zero attached hydrogens (tertiary/aromatic N) is 2. The van der Waals surface area contributed by atoms with Gasteiger partial charge in [0.1, 0.15) is 10.7 Å². The Bertz CT molecular complexity index is 1200. The van der Waals surface area contributed by atoms with Crippen molar-refractivity contribution < 1.29 is 22.0 Å². The molecule has 1 atom stereocenters. The van der Waals surface area contributed by atoms with Crippen molar-refractivity contribution in [3.8, 4) is 0 Å². The number of sulfonamides is 1. The van der Waals surface area contributed by atoms with E-state index < -0.39 is 33.6 Å². The van der Waals surface area contributed by atoms with E-state index >= 15 is 0 Å². The van der Waals surface area contributed by atoms with Crippen LogP contribution in [0.25, 0.3) is 0 Å². The highest BCUT2D eigenvalue weighted by molar-refractivity contribution is 7.90. The summed E-state index contributed by atoms with van der Waals surface area (Å²) in [6.45, 7) is 2.22. The van der Waals surface area contributed by atoms with Crippen molar-refractivity contribution in [1.82, 2.24) is 5.32 Å². The van der Waals surface area contributed by atoms with Crippen LogP contribution in [-0.4, -0.2) is 26.7 Å². The first-order valence-corrected chi connectivity index (χ1v) is 11.7. The van der Waals surface area contributed by atoms with E-state index in [-0.39, 0.29) is 15.5 Å². The van der Waals surface area contributed by atoms with Gasteiger partial charge in [-0.05, 0) is 49.6 Å². The predicted molar refractivity (Wildman–Crippen MR) is 114 cm³/mol. The lowest BCUT2D eigenvalue weighted by molar-refractivity contribution is 0.0939. The fraction of sp³-hybridized carbons (Fsp3) is 0.333. The molecule has 6 nitrogen and oxygen atoms in total.